The van der Waals surface area contributed by atoms with Crippen molar-refractivity contribution in [3.8, 4) is 0 Å². The minimum Gasteiger partial charge on any atom is -0.464 e. The third-order valence-corrected chi connectivity index (χ3v) is 6.04. The van der Waals surface area contributed by atoms with E-state index in [1.165, 1.54) is 13.3 Å². The van der Waals surface area contributed by atoms with E-state index >= 15 is 0 Å². The number of esters is 1. The number of piperazine rings is 1. The highest BCUT2D eigenvalue weighted by atomic mass is 16.5. The quantitative estimate of drug-likeness (QED) is 0.690. The number of para-hydroxylation sites is 1. The predicted molar refractivity (Wildman–Crippen MR) is 125 cm³/mol. The first-order valence-corrected chi connectivity index (χ1v) is 11.2. The fourth-order valence-corrected chi connectivity index (χ4v) is 4.12. The number of aromatic nitrogens is 2. The maximum absolute atomic E-state index is 13.3. The molecule has 8 heteroatoms. The van der Waals surface area contributed by atoms with Gasteiger partial charge in [-0.25, -0.2) is 19.6 Å². The number of rotatable bonds is 6. The summed E-state index contributed by atoms with van der Waals surface area (Å²) in [5, 5.41) is 3.21. The van der Waals surface area contributed by atoms with E-state index in [1.807, 2.05) is 4.90 Å². The Kier molecular flexibility index (Phi) is 7.66. The Morgan fingerprint density at radius 2 is 1.81 bits per heavy atom. The first-order valence-electron chi connectivity index (χ1n) is 11.2. The van der Waals surface area contributed by atoms with E-state index in [9.17, 15) is 9.59 Å². The van der Waals surface area contributed by atoms with Crippen LogP contribution in [-0.4, -0.2) is 59.7 Å². The normalized spacial score (nSPS) is 16.2. The molecule has 1 saturated heterocycles. The fraction of sp³-hybridized carbons (Fsp3) is 0.500. The van der Waals surface area contributed by atoms with E-state index in [-0.39, 0.29) is 23.7 Å². The second kappa shape index (κ2) is 10.4. The van der Waals surface area contributed by atoms with Gasteiger partial charge in [-0.05, 0) is 29.9 Å². The number of nitrogens with zero attached hydrogens (tertiary/aromatic N) is 4. The molecule has 0 saturated carbocycles. The summed E-state index contributed by atoms with van der Waals surface area (Å²) in [5.74, 6) is 0.440. The molecule has 2 heterocycles. The van der Waals surface area contributed by atoms with Crippen LogP contribution in [0.4, 0.5) is 16.3 Å². The summed E-state index contributed by atoms with van der Waals surface area (Å²) in [6, 6.07) is 6.15. The standard InChI is InChI=1S/C24H33N5O3/c1-6-17-9-8-10-18(7-2)22(17)27-24(31)29-12-11-28(15-20(29)16(3)4)21-14-25-19(13-26-21)23(30)32-5/h8-10,13-14,16,20H,6-7,11-12,15H2,1-5H3,(H,27,31). The second-order valence-corrected chi connectivity index (χ2v) is 8.29. The molecule has 3 rings (SSSR count). The van der Waals surface area contributed by atoms with Crippen molar-refractivity contribution in [1.29, 1.82) is 0 Å². The van der Waals surface area contributed by atoms with Crippen LogP contribution < -0.4 is 10.2 Å². The van der Waals surface area contributed by atoms with Crippen LogP contribution in [0.2, 0.25) is 0 Å². The molecule has 1 aliphatic heterocycles. The highest BCUT2D eigenvalue weighted by molar-refractivity contribution is 5.91. The molecule has 0 bridgehead atoms. The summed E-state index contributed by atoms with van der Waals surface area (Å²) < 4.78 is 4.69. The number of anilines is 2. The summed E-state index contributed by atoms with van der Waals surface area (Å²) in [5.41, 5.74) is 3.42. The van der Waals surface area contributed by atoms with Gasteiger partial charge < -0.3 is 19.9 Å². The van der Waals surface area contributed by atoms with Gasteiger partial charge in [-0.3, -0.25) is 0 Å². The minimum absolute atomic E-state index is 0.0182. The van der Waals surface area contributed by atoms with Gasteiger partial charge in [0.25, 0.3) is 0 Å². The van der Waals surface area contributed by atoms with Crippen LogP contribution in [0.15, 0.2) is 30.6 Å². The summed E-state index contributed by atoms with van der Waals surface area (Å²) >= 11 is 0. The fourth-order valence-electron chi connectivity index (χ4n) is 4.12. The van der Waals surface area contributed by atoms with Crippen molar-refractivity contribution in [2.75, 3.05) is 37.0 Å². The molecule has 2 aromatic rings. The van der Waals surface area contributed by atoms with Crippen molar-refractivity contribution in [3.05, 3.63) is 47.4 Å². The average molecular weight is 440 g/mol. The first-order chi connectivity index (χ1) is 15.4. The Labute approximate surface area is 190 Å². The van der Waals surface area contributed by atoms with Gasteiger partial charge >= 0.3 is 12.0 Å². The Balaban J connectivity index is 1.76. The number of hydrogen-bond donors (Lipinski definition) is 1. The number of benzene rings is 1. The largest absolute Gasteiger partial charge is 0.464 e. The molecule has 1 aromatic carbocycles. The third-order valence-electron chi connectivity index (χ3n) is 6.04. The van der Waals surface area contributed by atoms with E-state index in [0.717, 1.165) is 29.7 Å². The van der Waals surface area contributed by atoms with Gasteiger partial charge in [-0.15, -0.1) is 0 Å². The maximum atomic E-state index is 13.3. The molecule has 2 amide bonds. The van der Waals surface area contributed by atoms with Crippen LogP contribution in [0.1, 0.15) is 49.3 Å². The molecule has 0 spiro atoms. The lowest BCUT2D eigenvalue weighted by Crippen LogP contribution is -2.58. The molecule has 1 fully saturated rings. The summed E-state index contributed by atoms with van der Waals surface area (Å²) in [4.78, 5) is 37.6. The van der Waals surface area contributed by atoms with Crippen molar-refractivity contribution < 1.29 is 14.3 Å². The molecular weight excluding hydrogens is 406 g/mol. The molecule has 0 aliphatic carbocycles. The molecule has 32 heavy (non-hydrogen) atoms. The topological polar surface area (TPSA) is 87.7 Å². The van der Waals surface area contributed by atoms with E-state index in [0.29, 0.717) is 25.5 Å². The SMILES string of the molecule is CCc1cccc(CC)c1NC(=O)N1CCN(c2cnc(C(=O)OC)cn2)CC1C(C)C. The van der Waals surface area contributed by atoms with E-state index in [2.05, 4.69) is 70.8 Å². The van der Waals surface area contributed by atoms with Crippen LogP contribution >= 0.6 is 0 Å². The lowest BCUT2D eigenvalue weighted by molar-refractivity contribution is 0.0593. The van der Waals surface area contributed by atoms with Gasteiger partial charge in [-0.1, -0.05) is 45.9 Å². The van der Waals surface area contributed by atoms with Gasteiger partial charge in [0.15, 0.2) is 5.69 Å². The van der Waals surface area contributed by atoms with E-state index in [4.69, 9.17) is 0 Å². The number of carbonyl (C=O) groups is 2. The molecule has 1 atom stereocenters. The van der Waals surface area contributed by atoms with E-state index < -0.39 is 5.97 Å². The summed E-state index contributed by atoms with van der Waals surface area (Å²) in [6.07, 6.45) is 4.75. The molecule has 1 aromatic heterocycles. The molecule has 1 aliphatic rings. The van der Waals surface area contributed by atoms with Gasteiger partial charge in [0.05, 0.1) is 25.5 Å². The second-order valence-electron chi connectivity index (χ2n) is 8.29. The van der Waals surface area contributed by atoms with Crippen LogP contribution in [0, 0.1) is 5.92 Å². The van der Waals surface area contributed by atoms with Crippen molar-refractivity contribution >= 4 is 23.5 Å². The Morgan fingerprint density at radius 1 is 1.12 bits per heavy atom. The number of amides is 2. The Bertz CT molecular complexity index is 923. The monoisotopic (exact) mass is 439 g/mol. The zero-order chi connectivity index (χ0) is 23.3. The van der Waals surface area contributed by atoms with Crippen molar-refractivity contribution in [3.63, 3.8) is 0 Å². The van der Waals surface area contributed by atoms with Gasteiger partial charge in [0, 0.05) is 25.3 Å². The molecule has 0 radical (unpaired) electrons. The number of methoxy groups -OCH3 is 1. The average Bonchev–Trinajstić information content (AvgIpc) is 2.83. The van der Waals surface area contributed by atoms with Crippen molar-refractivity contribution in [2.24, 2.45) is 5.92 Å². The van der Waals surface area contributed by atoms with Crippen LogP contribution in [0.5, 0.6) is 0 Å². The van der Waals surface area contributed by atoms with Gasteiger partial charge in [-0.2, -0.15) is 0 Å². The maximum Gasteiger partial charge on any atom is 0.358 e. The van der Waals surface area contributed by atoms with Crippen molar-refractivity contribution in [2.45, 2.75) is 46.6 Å². The van der Waals surface area contributed by atoms with Crippen LogP contribution in [-0.2, 0) is 17.6 Å². The Hall–Kier alpha value is -3.16. The molecule has 1 unspecified atom stereocenters. The zero-order valence-electron chi connectivity index (χ0n) is 19.6. The smallest absolute Gasteiger partial charge is 0.358 e. The number of hydrogen-bond acceptors (Lipinski definition) is 6. The number of urea groups is 1. The Morgan fingerprint density at radius 3 is 2.34 bits per heavy atom. The van der Waals surface area contributed by atoms with Gasteiger partial charge in [0.2, 0.25) is 0 Å². The zero-order valence-corrected chi connectivity index (χ0v) is 19.6. The van der Waals surface area contributed by atoms with Crippen LogP contribution in [0.25, 0.3) is 0 Å². The number of aryl methyl sites for hydroxylation is 2. The highest BCUT2D eigenvalue weighted by Gasteiger charge is 2.33. The lowest BCUT2D eigenvalue weighted by atomic mass is 9.99. The third kappa shape index (κ3) is 5.00. The molecule has 172 valence electrons. The summed E-state index contributed by atoms with van der Waals surface area (Å²) in [7, 11) is 1.32. The number of nitrogens with one attached hydrogen (secondary N) is 1. The highest BCUT2D eigenvalue weighted by Crippen LogP contribution is 2.26. The minimum atomic E-state index is -0.510. The lowest BCUT2D eigenvalue weighted by Gasteiger charge is -2.43. The number of ether oxygens (including phenoxy) is 1. The van der Waals surface area contributed by atoms with Crippen LogP contribution in [0.3, 0.4) is 0 Å². The number of carbonyl (C=O) groups excluding carboxylic acids is 2. The predicted octanol–water partition coefficient (Wildman–Crippen LogP) is 3.77. The van der Waals surface area contributed by atoms with E-state index in [1.54, 1.807) is 6.20 Å². The van der Waals surface area contributed by atoms with Crippen molar-refractivity contribution in [1.82, 2.24) is 14.9 Å². The molecule has 8 nitrogen and oxygen atoms in total. The van der Waals surface area contributed by atoms with Gasteiger partial charge in [0.1, 0.15) is 5.82 Å². The molecular formula is C24H33N5O3. The first kappa shape index (κ1) is 23.5. The summed E-state index contributed by atoms with van der Waals surface area (Å²) in [6.45, 7) is 10.3. The molecule has 1 N–H and O–H groups in total.